The monoisotopic (exact) mass is 205 g/mol. The summed E-state index contributed by atoms with van der Waals surface area (Å²) in [5.74, 6) is -0.0286. The number of carboxylic acid groups (broad SMARTS) is 1. The largest absolute Gasteiger partial charge is 0.481 e. The van der Waals surface area contributed by atoms with Gasteiger partial charge in [-0.2, -0.15) is 0 Å². The van der Waals surface area contributed by atoms with Gasteiger partial charge in [-0.1, -0.05) is 6.92 Å². The van der Waals surface area contributed by atoms with Crippen LogP contribution in [0.15, 0.2) is 18.5 Å². The van der Waals surface area contributed by atoms with Crippen molar-refractivity contribution in [1.29, 1.82) is 0 Å². The summed E-state index contributed by atoms with van der Waals surface area (Å²) in [7, 11) is 0. The van der Waals surface area contributed by atoms with E-state index in [1.165, 1.54) is 18.4 Å². The van der Waals surface area contributed by atoms with E-state index in [0.717, 1.165) is 5.56 Å². The van der Waals surface area contributed by atoms with E-state index in [0.29, 0.717) is 5.92 Å². The van der Waals surface area contributed by atoms with Crippen molar-refractivity contribution in [2.75, 3.05) is 0 Å². The van der Waals surface area contributed by atoms with Gasteiger partial charge in [-0.05, 0) is 41.9 Å². The summed E-state index contributed by atoms with van der Waals surface area (Å²) in [5, 5.41) is 8.77. The Bertz CT molecular complexity index is 372. The van der Waals surface area contributed by atoms with Gasteiger partial charge in [-0.25, -0.2) is 0 Å². The molecule has 1 aliphatic rings. The van der Waals surface area contributed by atoms with Crippen LogP contribution < -0.4 is 0 Å². The van der Waals surface area contributed by atoms with Crippen LogP contribution in [-0.2, 0) is 4.79 Å². The summed E-state index contributed by atoms with van der Waals surface area (Å²) in [6, 6.07) is 2.03. The Morgan fingerprint density at radius 3 is 3.00 bits per heavy atom. The standard InChI is InChI=1S/C12H15NO2/c1-8(6-12(14)15)11-7-13-5-4-10(11)9-2-3-9/h4-5,7-9H,2-3,6H2,1H3,(H,14,15). The Morgan fingerprint density at radius 2 is 2.40 bits per heavy atom. The first-order valence-corrected chi connectivity index (χ1v) is 5.34. The molecule has 1 heterocycles. The number of hydrogen-bond donors (Lipinski definition) is 1. The minimum Gasteiger partial charge on any atom is -0.481 e. The molecule has 2 rings (SSSR count). The van der Waals surface area contributed by atoms with E-state index in [4.69, 9.17) is 5.11 Å². The lowest BCUT2D eigenvalue weighted by molar-refractivity contribution is -0.137. The van der Waals surface area contributed by atoms with Crippen LogP contribution in [0.4, 0.5) is 0 Å². The molecular formula is C12H15NO2. The third kappa shape index (κ3) is 2.35. The van der Waals surface area contributed by atoms with Gasteiger partial charge >= 0.3 is 5.97 Å². The van der Waals surface area contributed by atoms with E-state index in [1.54, 1.807) is 6.20 Å². The zero-order chi connectivity index (χ0) is 10.8. The van der Waals surface area contributed by atoms with Gasteiger partial charge in [0.25, 0.3) is 0 Å². The number of aromatic nitrogens is 1. The average Bonchev–Trinajstić information content (AvgIpc) is 3.00. The topological polar surface area (TPSA) is 50.2 Å². The van der Waals surface area contributed by atoms with Gasteiger partial charge in [0.05, 0.1) is 6.42 Å². The quantitative estimate of drug-likeness (QED) is 0.821. The molecule has 0 aliphatic heterocycles. The van der Waals surface area contributed by atoms with Crippen molar-refractivity contribution >= 4 is 5.97 Å². The van der Waals surface area contributed by atoms with Crippen molar-refractivity contribution in [3.8, 4) is 0 Å². The van der Waals surface area contributed by atoms with E-state index in [1.807, 2.05) is 19.2 Å². The average molecular weight is 205 g/mol. The van der Waals surface area contributed by atoms with Gasteiger partial charge in [0.15, 0.2) is 0 Å². The summed E-state index contributed by atoms with van der Waals surface area (Å²) in [6.07, 6.45) is 6.27. The second kappa shape index (κ2) is 4.01. The normalized spacial score (nSPS) is 17.4. The molecule has 0 spiro atoms. The summed E-state index contributed by atoms with van der Waals surface area (Å²) < 4.78 is 0. The molecule has 0 radical (unpaired) electrons. The predicted molar refractivity (Wildman–Crippen MR) is 56.9 cm³/mol. The first-order chi connectivity index (χ1) is 7.18. The van der Waals surface area contributed by atoms with Crippen molar-refractivity contribution in [2.45, 2.75) is 38.0 Å². The molecule has 1 aromatic heterocycles. The fraction of sp³-hybridized carbons (Fsp3) is 0.500. The highest BCUT2D eigenvalue weighted by atomic mass is 16.4. The molecule has 0 saturated heterocycles. The third-order valence-corrected chi connectivity index (χ3v) is 2.92. The van der Waals surface area contributed by atoms with E-state index >= 15 is 0 Å². The zero-order valence-electron chi connectivity index (χ0n) is 8.81. The molecule has 1 atom stereocenters. The van der Waals surface area contributed by atoms with E-state index in [9.17, 15) is 4.79 Å². The maximum atomic E-state index is 10.7. The summed E-state index contributed by atoms with van der Waals surface area (Å²) in [4.78, 5) is 14.8. The fourth-order valence-corrected chi connectivity index (χ4v) is 1.97. The van der Waals surface area contributed by atoms with Gasteiger partial charge in [0.1, 0.15) is 0 Å². The molecule has 0 bridgehead atoms. The molecule has 3 heteroatoms. The molecule has 1 N–H and O–H groups in total. The van der Waals surface area contributed by atoms with Crippen LogP contribution in [0.25, 0.3) is 0 Å². The van der Waals surface area contributed by atoms with Crippen LogP contribution in [0.5, 0.6) is 0 Å². The van der Waals surface area contributed by atoms with Crippen molar-refractivity contribution in [3.63, 3.8) is 0 Å². The predicted octanol–water partition coefficient (Wildman–Crippen LogP) is 2.54. The van der Waals surface area contributed by atoms with Crippen molar-refractivity contribution in [3.05, 3.63) is 29.6 Å². The zero-order valence-corrected chi connectivity index (χ0v) is 8.81. The van der Waals surface area contributed by atoms with Gasteiger partial charge < -0.3 is 5.11 Å². The highest BCUT2D eigenvalue weighted by Crippen LogP contribution is 2.43. The smallest absolute Gasteiger partial charge is 0.303 e. The second-order valence-corrected chi connectivity index (χ2v) is 4.28. The number of carboxylic acids is 1. The van der Waals surface area contributed by atoms with Gasteiger partial charge in [0, 0.05) is 12.4 Å². The Balaban J connectivity index is 2.21. The molecule has 1 unspecified atom stereocenters. The van der Waals surface area contributed by atoms with Gasteiger partial charge in [-0.3, -0.25) is 9.78 Å². The summed E-state index contributed by atoms with van der Waals surface area (Å²) in [5.41, 5.74) is 2.42. The van der Waals surface area contributed by atoms with E-state index in [-0.39, 0.29) is 12.3 Å². The van der Waals surface area contributed by atoms with Crippen LogP contribution in [-0.4, -0.2) is 16.1 Å². The molecule has 1 fully saturated rings. The SMILES string of the molecule is CC(CC(=O)O)c1cnccc1C1CC1. The van der Waals surface area contributed by atoms with Crippen LogP contribution >= 0.6 is 0 Å². The third-order valence-electron chi connectivity index (χ3n) is 2.92. The number of nitrogens with zero attached hydrogens (tertiary/aromatic N) is 1. The number of hydrogen-bond acceptors (Lipinski definition) is 2. The molecule has 3 nitrogen and oxygen atoms in total. The maximum absolute atomic E-state index is 10.7. The molecular weight excluding hydrogens is 190 g/mol. The van der Waals surface area contributed by atoms with Crippen LogP contribution in [0, 0.1) is 0 Å². The molecule has 1 aliphatic carbocycles. The number of rotatable bonds is 4. The molecule has 15 heavy (non-hydrogen) atoms. The summed E-state index contributed by atoms with van der Waals surface area (Å²) in [6.45, 7) is 1.96. The Labute approximate surface area is 89.2 Å². The second-order valence-electron chi connectivity index (χ2n) is 4.28. The molecule has 1 saturated carbocycles. The maximum Gasteiger partial charge on any atom is 0.303 e. The highest BCUT2D eigenvalue weighted by molar-refractivity contribution is 5.68. The Kier molecular flexibility index (Phi) is 2.71. The van der Waals surface area contributed by atoms with Gasteiger partial charge in [-0.15, -0.1) is 0 Å². The van der Waals surface area contributed by atoms with Crippen LogP contribution in [0.1, 0.15) is 49.1 Å². The number of pyridine rings is 1. The highest BCUT2D eigenvalue weighted by Gasteiger charge is 2.27. The Morgan fingerprint density at radius 1 is 1.67 bits per heavy atom. The number of aliphatic carboxylic acids is 1. The summed E-state index contributed by atoms with van der Waals surface area (Å²) >= 11 is 0. The molecule has 0 amide bonds. The van der Waals surface area contributed by atoms with Crippen LogP contribution in [0.2, 0.25) is 0 Å². The lowest BCUT2D eigenvalue weighted by Gasteiger charge is -2.13. The first-order valence-electron chi connectivity index (χ1n) is 5.34. The molecule has 80 valence electrons. The van der Waals surface area contributed by atoms with Crippen molar-refractivity contribution in [2.24, 2.45) is 0 Å². The fourth-order valence-electron chi connectivity index (χ4n) is 1.97. The van der Waals surface area contributed by atoms with Gasteiger partial charge in [0.2, 0.25) is 0 Å². The number of carbonyl (C=O) groups is 1. The lowest BCUT2D eigenvalue weighted by Crippen LogP contribution is -2.05. The molecule has 1 aromatic rings. The van der Waals surface area contributed by atoms with Crippen molar-refractivity contribution < 1.29 is 9.90 Å². The first kappa shape index (κ1) is 10.1. The van der Waals surface area contributed by atoms with E-state index in [2.05, 4.69) is 4.98 Å². The van der Waals surface area contributed by atoms with Crippen LogP contribution in [0.3, 0.4) is 0 Å². The molecule has 0 aromatic carbocycles. The lowest BCUT2D eigenvalue weighted by atomic mass is 9.93. The Hall–Kier alpha value is -1.38. The van der Waals surface area contributed by atoms with E-state index < -0.39 is 5.97 Å². The van der Waals surface area contributed by atoms with Crippen molar-refractivity contribution in [1.82, 2.24) is 4.98 Å². The minimum atomic E-state index is -0.742. The minimum absolute atomic E-state index is 0.0619.